The molecule has 1 saturated carbocycles. The molecule has 1 aromatic carbocycles. The summed E-state index contributed by atoms with van der Waals surface area (Å²) in [6, 6.07) is 7.54. The number of nitrogens with one attached hydrogen (secondary N) is 2. The Morgan fingerprint density at radius 1 is 1.21 bits per heavy atom. The predicted molar refractivity (Wildman–Crippen MR) is 101 cm³/mol. The Morgan fingerprint density at radius 3 is 2.83 bits per heavy atom. The molecule has 0 aliphatic heterocycles. The first kappa shape index (κ1) is 17.0. The van der Waals surface area contributed by atoms with Crippen molar-refractivity contribution in [1.82, 2.24) is 15.1 Å². The summed E-state index contributed by atoms with van der Waals surface area (Å²) in [5.41, 5.74) is 5.29. The molecule has 1 heterocycles. The van der Waals surface area contributed by atoms with Crippen molar-refractivity contribution in [3.63, 3.8) is 0 Å². The average Bonchev–Trinajstić information content (AvgIpc) is 3.30. The molecule has 130 valence electrons. The van der Waals surface area contributed by atoms with E-state index in [1.54, 1.807) is 0 Å². The Hall–Kier alpha value is -1.81. The Morgan fingerprint density at radius 2 is 2.04 bits per heavy atom. The van der Waals surface area contributed by atoms with Crippen molar-refractivity contribution in [3.05, 3.63) is 47.3 Å². The first-order valence-electron chi connectivity index (χ1n) is 9.32. The van der Waals surface area contributed by atoms with Gasteiger partial charge in [-0.25, -0.2) is 0 Å². The van der Waals surface area contributed by atoms with Crippen molar-refractivity contribution < 1.29 is 0 Å². The molecular formula is C20H30N4. The van der Waals surface area contributed by atoms with Crippen LogP contribution < -0.4 is 10.6 Å². The Bertz CT molecular complexity index is 643. The van der Waals surface area contributed by atoms with Crippen LogP contribution in [0.25, 0.3) is 0 Å². The Balaban J connectivity index is 1.45. The number of nitrogens with zero attached hydrogens (tertiary/aromatic N) is 2. The molecular weight excluding hydrogens is 296 g/mol. The highest BCUT2D eigenvalue weighted by atomic mass is 15.3. The first-order valence-corrected chi connectivity index (χ1v) is 9.32. The number of anilines is 1. The van der Waals surface area contributed by atoms with Crippen LogP contribution in [-0.2, 0) is 19.4 Å². The number of benzene rings is 1. The van der Waals surface area contributed by atoms with Gasteiger partial charge in [0, 0.05) is 31.0 Å². The maximum Gasteiger partial charge on any atom is 0.0521 e. The SMILES string of the molecule is CCNc1cc(CCc2cnn(CCCNC3CC3)c2)ccc1C. The molecule has 1 aliphatic carbocycles. The second kappa shape index (κ2) is 8.34. The van der Waals surface area contributed by atoms with Crippen molar-refractivity contribution in [1.29, 1.82) is 0 Å². The topological polar surface area (TPSA) is 41.9 Å². The van der Waals surface area contributed by atoms with Crippen LogP contribution in [0.1, 0.15) is 42.9 Å². The lowest BCUT2D eigenvalue weighted by atomic mass is 10.0. The summed E-state index contributed by atoms with van der Waals surface area (Å²) in [6.07, 6.45) is 10.2. The van der Waals surface area contributed by atoms with E-state index < -0.39 is 0 Å². The highest BCUT2D eigenvalue weighted by Crippen LogP contribution is 2.19. The van der Waals surface area contributed by atoms with Gasteiger partial charge in [0.1, 0.15) is 0 Å². The summed E-state index contributed by atoms with van der Waals surface area (Å²) in [4.78, 5) is 0. The van der Waals surface area contributed by atoms with Crippen LogP contribution in [0, 0.1) is 6.92 Å². The molecule has 0 radical (unpaired) electrons. The molecule has 0 bridgehead atoms. The fourth-order valence-electron chi connectivity index (χ4n) is 2.99. The van der Waals surface area contributed by atoms with E-state index in [0.29, 0.717) is 0 Å². The zero-order chi connectivity index (χ0) is 16.8. The zero-order valence-corrected chi connectivity index (χ0v) is 15.0. The van der Waals surface area contributed by atoms with Gasteiger partial charge in [-0.15, -0.1) is 0 Å². The fraction of sp³-hybridized carbons (Fsp3) is 0.550. The Kier molecular flexibility index (Phi) is 5.91. The van der Waals surface area contributed by atoms with E-state index in [4.69, 9.17) is 0 Å². The van der Waals surface area contributed by atoms with Gasteiger partial charge in [-0.3, -0.25) is 4.68 Å². The van der Waals surface area contributed by atoms with E-state index in [2.05, 4.69) is 58.7 Å². The summed E-state index contributed by atoms with van der Waals surface area (Å²) in [6.45, 7) is 7.38. The van der Waals surface area contributed by atoms with Crippen LogP contribution in [0.15, 0.2) is 30.6 Å². The quantitative estimate of drug-likeness (QED) is 0.656. The number of rotatable bonds is 10. The van der Waals surface area contributed by atoms with Gasteiger partial charge in [-0.2, -0.15) is 5.10 Å². The van der Waals surface area contributed by atoms with Gasteiger partial charge in [0.15, 0.2) is 0 Å². The minimum Gasteiger partial charge on any atom is -0.385 e. The molecule has 0 spiro atoms. The number of aryl methyl sites for hydroxylation is 4. The normalized spacial score (nSPS) is 14.1. The van der Waals surface area contributed by atoms with Crippen molar-refractivity contribution in [2.75, 3.05) is 18.4 Å². The van der Waals surface area contributed by atoms with Crippen molar-refractivity contribution >= 4 is 5.69 Å². The molecule has 4 nitrogen and oxygen atoms in total. The van der Waals surface area contributed by atoms with Gasteiger partial charge in [-0.05, 0) is 75.3 Å². The molecule has 2 N–H and O–H groups in total. The Labute approximate surface area is 145 Å². The van der Waals surface area contributed by atoms with Crippen LogP contribution in [0.3, 0.4) is 0 Å². The molecule has 0 atom stereocenters. The predicted octanol–water partition coefficient (Wildman–Crippen LogP) is 3.55. The van der Waals surface area contributed by atoms with Gasteiger partial charge >= 0.3 is 0 Å². The molecule has 3 rings (SSSR count). The smallest absolute Gasteiger partial charge is 0.0521 e. The summed E-state index contributed by atoms with van der Waals surface area (Å²) in [7, 11) is 0. The number of aromatic nitrogens is 2. The minimum absolute atomic E-state index is 0.805. The van der Waals surface area contributed by atoms with Crippen LogP contribution in [-0.4, -0.2) is 28.9 Å². The third kappa shape index (κ3) is 5.10. The summed E-state index contributed by atoms with van der Waals surface area (Å²) >= 11 is 0. The lowest BCUT2D eigenvalue weighted by Crippen LogP contribution is -2.19. The average molecular weight is 326 g/mol. The number of hydrogen-bond acceptors (Lipinski definition) is 3. The summed E-state index contributed by atoms with van der Waals surface area (Å²) in [5, 5.41) is 11.5. The molecule has 1 aliphatic rings. The largest absolute Gasteiger partial charge is 0.385 e. The van der Waals surface area contributed by atoms with Crippen molar-refractivity contribution in [2.24, 2.45) is 0 Å². The summed E-state index contributed by atoms with van der Waals surface area (Å²) in [5.74, 6) is 0. The lowest BCUT2D eigenvalue weighted by Gasteiger charge is -2.09. The molecule has 4 heteroatoms. The van der Waals surface area contributed by atoms with Crippen LogP contribution in [0.5, 0.6) is 0 Å². The van der Waals surface area contributed by atoms with E-state index >= 15 is 0 Å². The highest BCUT2D eigenvalue weighted by Gasteiger charge is 2.19. The van der Waals surface area contributed by atoms with Gasteiger partial charge in [0.2, 0.25) is 0 Å². The van der Waals surface area contributed by atoms with Gasteiger partial charge in [0.25, 0.3) is 0 Å². The summed E-state index contributed by atoms with van der Waals surface area (Å²) < 4.78 is 2.09. The maximum absolute atomic E-state index is 4.50. The van der Waals surface area contributed by atoms with Crippen LogP contribution in [0.2, 0.25) is 0 Å². The third-order valence-corrected chi connectivity index (χ3v) is 4.63. The lowest BCUT2D eigenvalue weighted by molar-refractivity contribution is 0.542. The molecule has 1 fully saturated rings. The van der Waals surface area contributed by atoms with Gasteiger partial charge in [-0.1, -0.05) is 12.1 Å². The second-order valence-electron chi connectivity index (χ2n) is 6.87. The monoisotopic (exact) mass is 326 g/mol. The molecule has 0 saturated heterocycles. The van der Waals surface area contributed by atoms with Gasteiger partial charge in [0.05, 0.1) is 6.20 Å². The van der Waals surface area contributed by atoms with Crippen LogP contribution >= 0.6 is 0 Å². The van der Waals surface area contributed by atoms with Crippen molar-refractivity contribution in [2.45, 2.75) is 58.5 Å². The molecule has 0 amide bonds. The third-order valence-electron chi connectivity index (χ3n) is 4.63. The molecule has 1 aromatic heterocycles. The second-order valence-corrected chi connectivity index (χ2v) is 6.87. The first-order chi connectivity index (χ1) is 11.7. The molecule has 2 aromatic rings. The van der Waals surface area contributed by atoms with E-state index in [1.807, 2.05) is 6.20 Å². The van der Waals surface area contributed by atoms with Crippen LogP contribution in [0.4, 0.5) is 5.69 Å². The number of hydrogen-bond donors (Lipinski definition) is 2. The zero-order valence-electron chi connectivity index (χ0n) is 15.0. The molecule has 24 heavy (non-hydrogen) atoms. The standard InChI is InChI=1S/C20H30N4/c1-3-21-20-13-17(6-5-16(20)2)7-8-18-14-23-24(15-18)12-4-11-22-19-9-10-19/h5-6,13-15,19,21-22H,3-4,7-12H2,1-2H3. The van der Waals surface area contributed by atoms with Crippen molar-refractivity contribution in [3.8, 4) is 0 Å². The minimum atomic E-state index is 0.805. The molecule has 0 unspecified atom stereocenters. The van der Waals surface area contributed by atoms with E-state index in [9.17, 15) is 0 Å². The van der Waals surface area contributed by atoms with Gasteiger partial charge < -0.3 is 10.6 Å². The van der Waals surface area contributed by atoms with E-state index in [-0.39, 0.29) is 0 Å². The maximum atomic E-state index is 4.50. The van der Waals surface area contributed by atoms with E-state index in [1.165, 1.54) is 35.2 Å². The fourth-order valence-corrected chi connectivity index (χ4v) is 2.99. The highest BCUT2D eigenvalue weighted by molar-refractivity contribution is 5.52. The van der Waals surface area contributed by atoms with E-state index in [0.717, 1.165) is 44.9 Å².